The van der Waals surface area contributed by atoms with E-state index in [1.165, 1.54) is 38.4 Å². The Hall–Kier alpha value is -5.92. The number of anilines is 3. The van der Waals surface area contributed by atoms with Crippen LogP contribution in [0.3, 0.4) is 0 Å². The molecule has 0 aliphatic heterocycles. The van der Waals surface area contributed by atoms with Crippen LogP contribution in [-0.2, 0) is 0 Å². The molecule has 0 spiro atoms. The first kappa shape index (κ1) is 24.3. The van der Waals surface area contributed by atoms with E-state index in [0.29, 0.717) is 11.8 Å². The Morgan fingerprint density at radius 2 is 1.36 bits per heavy atom. The fourth-order valence-electron chi connectivity index (χ4n) is 8.01. The number of nitrogens with zero attached hydrogens (tertiary/aromatic N) is 1. The molecule has 0 fully saturated rings. The van der Waals surface area contributed by atoms with E-state index in [1.54, 1.807) is 0 Å². The SMILES string of the molecule is [2H]/C(=C(/[2H])c1ccc2ccc3cccc4ccc1c2c34)c1ccc(N(c2ccccc2)c2ccc3c4c2C=CC2C=CC=C(C=C3)C42)cc1. The van der Waals surface area contributed by atoms with Crippen LogP contribution < -0.4 is 4.90 Å². The van der Waals surface area contributed by atoms with Gasteiger partial charge in [0.15, 0.2) is 0 Å². The van der Waals surface area contributed by atoms with Gasteiger partial charge < -0.3 is 4.90 Å². The zero-order valence-electron chi connectivity index (χ0n) is 27.7. The number of hydrogen-bond donors (Lipinski definition) is 0. The third-order valence-electron chi connectivity index (χ3n) is 10.2. The maximum Gasteiger partial charge on any atom is 0.0629 e. The van der Waals surface area contributed by atoms with Gasteiger partial charge in [-0.25, -0.2) is 0 Å². The molecule has 7 aromatic carbocycles. The van der Waals surface area contributed by atoms with Gasteiger partial charge in [-0.3, -0.25) is 0 Å². The zero-order valence-corrected chi connectivity index (χ0v) is 25.7. The quantitative estimate of drug-likeness (QED) is 0.141. The molecule has 0 heterocycles. The molecule has 2 unspecified atom stereocenters. The average Bonchev–Trinajstić information content (AvgIpc) is 3.16. The number of para-hydroxylation sites is 1. The summed E-state index contributed by atoms with van der Waals surface area (Å²) in [5.74, 6) is 0.696. The van der Waals surface area contributed by atoms with Gasteiger partial charge in [-0.1, -0.05) is 146 Å². The minimum Gasteiger partial charge on any atom is -0.310 e. The fraction of sp³-hybridized carbons (Fsp3) is 0.0435. The first-order chi connectivity index (χ1) is 24.1. The number of benzene rings is 7. The van der Waals surface area contributed by atoms with Crippen molar-refractivity contribution in [2.24, 2.45) is 5.92 Å². The number of allylic oxidation sites excluding steroid dienone is 6. The van der Waals surface area contributed by atoms with Gasteiger partial charge in [-0.15, -0.1) is 0 Å². The summed E-state index contributed by atoms with van der Waals surface area (Å²) in [5, 5.41) is 6.94. The lowest BCUT2D eigenvalue weighted by Gasteiger charge is -2.37. The molecule has 0 aromatic heterocycles. The van der Waals surface area contributed by atoms with Crippen LogP contribution in [0.1, 0.15) is 36.5 Å². The largest absolute Gasteiger partial charge is 0.310 e. The smallest absolute Gasteiger partial charge is 0.0629 e. The molecule has 0 amide bonds. The second kappa shape index (κ2) is 10.3. The van der Waals surface area contributed by atoms with Gasteiger partial charge in [0.2, 0.25) is 0 Å². The topological polar surface area (TPSA) is 3.24 Å². The highest BCUT2D eigenvalue weighted by molar-refractivity contribution is 6.24. The molecule has 0 bridgehead atoms. The standard InChI is InChI=1S/C46H31N/c1-2-10-38(11-3-1)47(42-29-24-37-21-19-33-7-5-9-35-23-28-41(42)46(37)44(33)35)39-25-13-30(14-26-39)12-15-31-16-17-36-20-18-32-6-4-8-34-22-27-40(31)45(36)43(32)34/h1-29,35,44H/b15-12+/i12D,15D. The third-order valence-corrected chi connectivity index (χ3v) is 10.2. The minimum absolute atomic E-state index is 0.210. The van der Waals surface area contributed by atoms with Crippen LogP contribution in [0.15, 0.2) is 157 Å². The monoisotopic (exact) mass is 599 g/mol. The Bertz CT molecular complexity index is 2610. The lowest BCUT2D eigenvalue weighted by atomic mass is 9.68. The van der Waals surface area contributed by atoms with E-state index in [4.69, 9.17) is 0 Å². The van der Waals surface area contributed by atoms with Gasteiger partial charge in [0.25, 0.3) is 0 Å². The lowest BCUT2D eigenvalue weighted by molar-refractivity contribution is 0.664. The Labute approximate surface area is 277 Å². The van der Waals surface area contributed by atoms with Gasteiger partial charge >= 0.3 is 0 Å². The average molecular weight is 600 g/mol. The molecule has 0 saturated heterocycles. The summed E-state index contributed by atoms with van der Waals surface area (Å²) >= 11 is 0. The van der Waals surface area contributed by atoms with Crippen molar-refractivity contribution in [1.82, 2.24) is 0 Å². The molecular weight excluding hydrogens is 567 g/mol. The number of hydrogen-bond acceptors (Lipinski definition) is 1. The van der Waals surface area contributed by atoms with Gasteiger partial charge in [0, 0.05) is 28.8 Å². The van der Waals surface area contributed by atoms with Crippen LogP contribution in [0.25, 0.3) is 56.6 Å². The molecule has 47 heavy (non-hydrogen) atoms. The van der Waals surface area contributed by atoms with Crippen molar-refractivity contribution in [1.29, 1.82) is 0 Å². The van der Waals surface area contributed by atoms with E-state index in [9.17, 15) is 2.74 Å². The van der Waals surface area contributed by atoms with Crippen molar-refractivity contribution < 1.29 is 2.74 Å². The Morgan fingerprint density at radius 3 is 2.21 bits per heavy atom. The molecule has 0 radical (unpaired) electrons. The van der Waals surface area contributed by atoms with Crippen LogP contribution in [0.5, 0.6) is 0 Å². The number of rotatable bonds is 5. The van der Waals surface area contributed by atoms with Crippen molar-refractivity contribution in [3.8, 4) is 0 Å². The van der Waals surface area contributed by atoms with Crippen molar-refractivity contribution in [2.45, 2.75) is 5.92 Å². The molecule has 1 nitrogen and oxygen atoms in total. The van der Waals surface area contributed by atoms with E-state index in [2.05, 4.69) is 144 Å². The summed E-state index contributed by atoms with van der Waals surface area (Å²) in [4.78, 5) is 2.32. The molecule has 3 aliphatic carbocycles. The Kier molecular flexibility index (Phi) is 5.33. The van der Waals surface area contributed by atoms with E-state index in [1.807, 2.05) is 24.3 Å². The predicted molar refractivity (Wildman–Crippen MR) is 202 cm³/mol. The highest BCUT2D eigenvalue weighted by Crippen LogP contribution is 2.51. The highest BCUT2D eigenvalue weighted by Gasteiger charge is 2.34. The molecule has 0 saturated carbocycles. The summed E-state index contributed by atoms with van der Waals surface area (Å²) in [5.41, 5.74) is 10.0. The normalized spacial score (nSPS) is 18.6. The molecular formula is C46H31N. The maximum atomic E-state index is 9.26. The van der Waals surface area contributed by atoms with Crippen molar-refractivity contribution in [3.05, 3.63) is 185 Å². The Balaban J connectivity index is 1.08. The van der Waals surface area contributed by atoms with E-state index in [-0.39, 0.29) is 12.1 Å². The molecule has 0 N–H and O–H groups in total. The van der Waals surface area contributed by atoms with Crippen LogP contribution >= 0.6 is 0 Å². The van der Waals surface area contributed by atoms with Crippen molar-refractivity contribution in [3.63, 3.8) is 0 Å². The minimum atomic E-state index is 0.210. The first-order valence-corrected chi connectivity index (χ1v) is 16.4. The van der Waals surface area contributed by atoms with E-state index in [0.717, 1.165) is 44.3 Å². The van der Waals surface area contributed by atoms with Gasteiger partial charge in [0.05, 0.1) is 8.43 Å². The summed E-state index contributed by atoms with van der Waals surface area (Å²) in [6.45, 7) is 0. The second-order valence-corrected chi connectivity index (χ2v) is 12.7. The van der Waals surface area contributed by atoms with Gasteiger partial charge in [-0.2, -0.15) is 0 Å². The molecule has 1 heteroatoms. The van der Waals surface area contributed by atoms with Crippen LogP contribution in [0.4, 0.5) is 17.1 Å². The van der Waals surface area contributed by atoms with Crippen molar-refractivity contribution >= 4 is 73.6 Å². The fourth-order valence-corrected chi connectivity index (χ4v) is 8.01. The van der Waals surface area contributed by atoms with E-state index < -0.39 is 0 Å². The third kappa shape index (κ3) is 4.10. The van der Waals surface area contributed by atoms with E-state index >= 15 is 0 Å². The van der Waals surface area contributed by atoms with Crippen LogP contribution in [0.2, 0.25) is 0 Å². The zero-order chi connectivity index (χ0) is 32.6. The van der Waals surface area contributed by atoms with Gasteiger partial charge in [0.1, 0.15) is 0 Å². The predicted octanol–water partition coefficient (Wildman–Crippen LogP) is 12.5. The lowest BCUT2D eigenvalue weighted by Crippen LogP contribution is -2.22. The van der Waals surface area contributed by atoms with Crippen LogP contribution in [-0.4, -0.2) is 0 Å². The summed E-state index contributed by atoms with van der Waals surface area (Å²) in [6, 6.07) is 42.6. The summed E-state index contributed by atoms with van der Waals surface area (Å²) in [7, 11) is 0. The van der Waals surface area contributed by atoms with Gasteiger partial charge in [-0.05, 0) is 90.5 Å². The Morgan fingerprint density at radius 1 is 0.596 bits per heavy atom. The maximum absolute atomic E-state index is 9.26. The molecule has 7 aromatic rings. The molecule has 10 rings (SSSR count). The summed E-state index contributed by atoms with van der Waals surface area (Å²) < 4.78 is 18.5. The van der Waals surface area contributed by atoms with Crippen molar-refractivity contribution in [2.75, 3.05) is 4.90 Å². The highest BCUT2D eigenvalue weighted by atomic mass is 15.1. The molecule has 2 atom stereocenters. The first-order valence-electron chi connectivity index (χ1n) is 17.4. The van der Waals surface area contributed by atoms with Crippen LogP contribution in [0, 0.1) is 5.92 Å². The summed E-state index contributed by atoms with van der Waals surface area (Å²) in [6.07, 6.45) is 15.9. The molecule has 3 aliphatic rings. The second-order valence-electron chi connectivity index (χ2n) is 12.7. The molecule has 220 valence electrons.